The fraction of sp³-hybridized carbons (Fsp3) is 0.381. The highest BCUT2D eigenvalue weighted by Crippen LogP contribution is 2.49. The molecule has 12 nitrogen and oxygen atoms in total. The van der Waals surface area contributed by atoms with Crippen LogP contribution in [-0.4, -0.2) is 85.1 Å². The number of ketones is 1. The molecule has 2 aliphatic rings. The molecule has 7 atom stereocenters. The smallest absolute Gasteiger partial charge is 0.229 e. The molecule has 178 valence electrons. The lowest BCUT2D eigenvalue weighted by molar-refractivity contribution is -0.281. The standard InChI is InChI=1S/C21H22O12/c22-7-11-14(24)17(27)18(28)21(32-11)31-10-6-9-12(15(25)13(10)23)16(26)20(33-29)19(30-9)8-4-2-1-3-5-8/h1-6,11,14,17-25,27-29H,7H2/t11-,14-,17+,18-,19?,20?,21-/m1/s1. The molecule has 0 aromatic heterocycles. The highest BCUT2D eigenvalue weighted by molar-refractivity contribution is 6.06. The third-order valence-corrected chi connectivity index (χ3v) is 5.57. The number of rotatable bonds is 5. The Hall–Kier alpha value is -2.97. The number of benzene rings is 2. The van der Waals surface area contributed by atoms with Crippen LogP contribution in [-0.2, 0) is 9.62 Å². The molecule has 2 aromatic carbocycles. The van der Waals surface area contributed by atoms with E-state index in [-0.39, 0.29) is 5.75 Å². The van der Waals surface area contributed by atoms with Gasteiger partial charge in [0.1, 0.15) is 35.7 Å². The molecule has 4 rings (SSSR count). The van der Waals surface area contributed by atoms with E-state index in [0.717, 1.165) is 6.07 Å². The third-order valence-electron chi connectivity index (χ3n) is 5.57. The number of aromatic hydroxyl groups is 2. The number of phenols is 2. The van der Waals surface area contributed by atoms with Crippen molar-refractivity contribution < 1.29 is 59.8 Å². The number of fused-ring (bicyclic) bond motifs is 1. The summed E-state index contributed by atoms with van der Waals surface area (Å²) in [5.41, 5.74) is -0.000555. The minimum atomic E-state index is -1.79. The second kappa shape index (κ2) is 9.11. The molecule has 0 saturated carbocycles. The lowest BCUT2D eigenvalue weighted by Gasteiger charge is -2.39. The van der Waals surface area contributed by atoms with Crippen LogP contribution >= 0.6 is 0 Å². The molecule has 1 fully saturated rings. The van der Waals surface area contributed by atoms with Gasteiger partial charge < -0.3 is 44.8 Å². The van der Waals surface area contributed by atoms with E-state index in [1.165, 1.54) is 0 Å². The number of aliphatic hydroxyl groups excluding tert-OH is 4. The van der Waals surface area contributed by atoms with Gasteiger partial charge in [0.25, 0.3) is 0 Å². The predicted molar refractivity (Wildman–Crippen MR) is 106 cm³/mol. The molecule has 7 N–H and O–H groups in total. The Morgan fingerprint density at radius 2 is 1.67 bits per heavy atom. The molecule has 2 heterocycles. The molecule has 12 heteroatoms. The molecule has 0 amide bonds. The number of hydrogen-bond acceptors (Lipinski definition) is 12. The normalized spacial score (nSPS) is 31.5. The predicted octanol–water partition coefficient (Wildman–Crippen LogP) is -0.549. The number of ether oxygens (including phenoxy) is 3. The van der Waals surface area contributed by atoms with Gasteiger partial charge in [0, 0.05) is 6.07 Å². The molecule has 33 heavy (non-hydrogen) atoms. The first-order valence-electron chi connectivity index (χ1n) is 9.90. The van der Waals surface area contributed by atoms with Crippen molar-refractivity contribution >= 4 is 5.78 Å². The average Bonchev–Trinajstić information content (AvgIpc) is 2.82. The number of aliphatic hydroxyl groups is 4. The zero-order chi connectivity index (χ0) is 23.9. The molecule has 2 aliphatic heterocycles. The van der Waals surface area contributed by atoms with Crippen molar-refractivity contribution in [1.29, 1.82) is 0 Å². The summed E-state index contributed by atoms with van der Waals surface area (Å²) in [5, 5.41) is 69.4. The molecule has 0 bridgehead atoms. The fourth-order valence-corrected chi connectivity index (χ4v) is 3.79. The maximum Gasteiger partial charge on any atom is 0.229 e. The largest absolute Gasteiger partial charge is 0.504 e. The molecule has 0 radical (unpaired) electrons. The van der Waals surface area contributed by atoms with Gasteiger partial charge in [-0.05, 0) is 5.56 Å². The summed E-state index contributed by atoms with van der Waals surface area (Å²) in [6, 6.07) is 9.38. The van der Waals surface area contributed by atoms with Crippen LogP contribution in [0, 0.1) is 0 Å². The lowest BCUT2D eigenvalue weighted by atomic mass is 9.92. The fourth-order valence-electron chi connectivity index (χ4n) is 3.79. The Labute approximate surface area is 186 Å². The van der Waals surface area contributed by atoms with Crippen molar-refractivity contribution in [2.75, 3.05) is 6.61 Å². The van der Waals surface area contributed by atoms with E-state index in [9.17, 15) is 40.7 Å². The van der Waals surface area contributed by atoms with Crippen LogP contribution in [0.2, 0.25) is 0 Å². The number of phenolic OH excluding ortho intramolecular Hbond substituents is 2. The quantitative estimate of drug-likeness (QED) is 0.169. The highest BCUT2D eigenvalue weighted by atomic mass is 17.1. The molecule has 0 spiro atoms. The van der Waals surface area contributed by atoms with E-state index in [0.29, 0.717) is 5.56 Å². The second-order valence-electron chi connectivity index (χ2n) is 7.60. The summed E-state index contributed by atoms with van der Waals surface area (Å²) in [6.07, 6.45) is -10.7. The van der Waals surface area contributed by atoms with Crippen LogP contribution in [0.1, 0.15) is 22.0 Å². The summed E-state index contributed by atoms with van der Waals surface area (Å²) < 4.78 is 16.4. The summed E-state index contributed by atoms with van der Waals surface area (Å²) in [7, 11) is 0. The van der Waals surface area contributed by atoms with Gasteiger partial charge in [-0.1, -0.05) is 30.3 Å². The Kier molecular flexibility index (Phi) is 6.41. The molecule has 1 saturated heterocycles. The molecule has 2 aromatic rings. The van der Waals surface area contributed by atoms with Crippen molar-refractivity contribution in [1.82, 2.24) is 0 Å². The number of Topliss-reactive ketones (excluding diaryl/α,β-unsaturated/α-hetero) is 1. The summed E-state index contributed by atoms with van der Waals surface area (Å²) >= 11 is 0. The topological polar surface area (TPSA) is 196 Å². The average molecular weight is 466 g/mol. The number of carbonyl (C=O) groups is 1. The monoisotopic (exact) mass is 466 g/mol. The van der Waals surface area contributed by atoms with E-state index >= 15 is 0 Å². The Morgan fingerprint density at radius 3 is 2.30 bits per heavy atom. The van der Waals surface area contributed by atoms with Crippen molar-refractivity contribution in [2.45, 2.75) is 42.9 Å². The summed E-state index contributed by atoms with van der Waals surface area (Å²) in [4.78, 5) is 17.2. The second-order valence-corrected chi connectivity index (χ2v) is 7.60. The minimum absolute atomic E-state index is 0.225. The van der Waals surface area contributed by atoms with Crippen LogP contribution in [0.4, 0.5) is 0 Å². The third kappa shape index (κ3) is 3.98. The van der Waals surface area contributed by atoms with Gasteiger partial charge in [-0.3, -0.25) is 10.1 Å². The molecule has 2 unspecified atom stereocenters. The van der Waals surface area contributed by atoms with Gasteiger partial charge in [-0.25, -0.2) is 4.89 Å². The van der Waals surface area contributed by atoms with Crippen LogP contribution in [0.3, 0.4) is 0 Å². The van der Waals surface area contributed by atoms with E-state index in [1.807, 2.05) is 0 Å². The van der Waals surface area contributed by atoms with E-state index < -0.39 is 78.1 Å². The van der Waals surface area contributed by atoms with Gasteiger partial charge in [0.2, 0.25) is 17.8 Å². The Balaban J connectivity index is 1.70. The zero-order valence-electron chi connectivity index (χ0n) is 16.9. The zero-order valence-corrected chi connectivity index (χ0v) is 16.9. The lowest BCUT2D eigenvalue weighted by Crippen LogP contribution is -2.60. The minimum Gasteiger partial charge on any atom is -0.504 e. The van der Waals surface area contributed by atoms with Crippen molar-refractivity contribution in [2.24, 2.45) is 0 Å². The first-order valence-corrected chi connectivity index (χ1v) is 9.90. The SMILES string of the molecule is O=C1c2c(cc(O[C@@H]3O[C@H](CO)[C@@H](O)[C@H](O)[C@H]3O)c(O)c2O)OC(c2ccccc2)C1OO. The Bertz CT molecular complexity index is 1010. The van der Waals surface area contributed by atoms with Crippen molar-refractivity contribution in [3.63, 3.8) is 0 Å². The maximum absolute atomic E-state index is 12.9. The van der Waals surface area contributed by atoms with Crippen molar-refractivity contribution in [3.8, 4) is 23.0 Å². The molecular weight excluding hydrogens is 444 g/mol. The van der Waals surface area contributed by atoms with E-state index in [1.54, 1.807) is 30.3 Å². The summed E-state index contributed by atoms with van der Waals surface area (Å²) in [5.74, 6) is -3.45. The van der Waals surface area contributed by atoms with Crippen LogP contribution < -0.4 is 9.47 Å². The maximum atomic E-state index is 12.9. The first-order chi connectivity index (χ1) is 15.8. The van der Waals surface area contributed by atoms with Gasteiger partial charge in [-0.15, -0.1) is 0 Å². The van der Waals surface area contributed by atoms with Crippen LogP contribution in [0.15, 0.2) is 36.4 Å². The van der Waals surface area contributed by atoms with Gasteiger partial charge in [-0.2, -0.15) is 0 Å². The number of hydrogen-bond donors (Lipinski definition) is 7. The molecule has 0 aliphatic carbocycles. The van der Waals surface area contributed by atoms with Crippen molar-refractivity contribution in [3.05, 3.63) is 47.5 Å². The van der Waals surface area contributed by atoms with Gasteiger partial charge in [0.15, 0.2) is 23.7 Å². The van der Waals surface area contributed by atoms with Crippen LogP contribution in [0.25, 0.3) is 0 Å². The first kappa shape index (κ1) is 23.2. The Morgan fingerprint density at radius 1 is 0.970 bits per heavy atom. The van der Waals surface area contributed by atoms with E-state index in [4.69, 9.17) is 14.2 Å². The van der Waals surface area contributed by atoms with Gasteiger partial charge >= 0.3 is 0 Å². The molecular formula is C21H22O12. The van der Waals surface area contributed by atoms with Gasteiger partial charge in [0.05, 0.1) is 6.61 Å². The highest BCUT2D eigenvalue weighted by Gasteiger charge is 2.46. The summed E-state index contributed by atoms with van der Waals surface area (Å²) in [6.45, 7) is -0.703. The van der Waals surface area contributed by atoms with Crippen LogP contribution in [0.5, 0.6) is 23.0 Å². The number of carbonyl (C=O) groups excluding carboxylic acids is 1. The van der Waals surface area contributed by atoms with E-state index in [2.05, 4.69) is 4.89 Å².